The highest BCUT2D eigenvalue weighted by Gasteiger charge is 2.56. The number of ether oxygens (including phenoxy) is 1. The molecule has 1 heterocycles. The lowest BCUT2D eigenvalue weighted by Crippen LogP contribution is -2.42. The van der Waals surface area contributed by atoms with Crippen LogP contribution in [0.5, 0.6) is 5.75 Å². The standard InChI is InChI=1S/C27H38N6O3/c1-18(2)31-25(34)19-10-11-21(23(14-19)36-5)29-17-30-24-22(15-28-3)32(4)26(35)27(12-13-27)16-33(24)20-8-6-7-9-20/h10-11,14-15,18,20,29H,3,6-9,12-13,16-17H2,1-2,4-5H3,(H,31,34)/b22-15+,30-24+. The maximum atomic E-state index is 13.3. The number of aliphatic imine (C=N–C) groups is 2. The summed E-state index contributed by atoms with van der Waals surface area (Å²) in [4.78, 5) is 38.8. The molecule has 2 saturated carbocycles. The lowest BCUT2D eigenvalue weighted by Gasteiger charge is -2.32. The summed E-state index contributed by atoms with van der Waals surface area (Å²) in [5, 5.41) is 6.22. The Hall–Kier alpha value is -3.36. The molecule has 0 aromatic heterocycles. The summed E-state index contributed by atoms with van der Waals surface area (Å²) < 4.78 is 5.54. The Labute approximate surface area is 213 Å². The highest BCUT2D eigenvalue weighted by molar-refractivity contribution is 6.05. The molecule has 3 fully saturated rings. The van der Waals surface area contributed by atoms with Gasteiger partial charge in [-0.25, -0.2) is 4.99 Å². The normalized spacial score (nSPS) is 21.9. The molecule has 0 radical (unpaired) electrons. The van der Waals surface area contributed by atoms with E-state index >= 15 is 0 Å². The molecule has 0 atom stereocenters. The summed E-state index contributed by atoms with van der Waals surface area (Å²) in [6.45, 7) is 8.46. The van der Waals surface area contributed by atoms with Gasteiger partial charge in [-0.1, -0.05) is 12.8 Å². The summed E-state index contributed by atoms with van der Waals surface area (Å²) in [6.07, 6.45) is 8.04. The number of nitrogens with zero attached hydrogens (tertiary/aromatic N) is 4. The van der Waals surface area contributed by atoms with Crippen molar-refractivity contribution in [3.63, 3.8) is 0 Å². The minimum atomic E-state index is -0.322. The van der Waals surface area contributed by atoms with E-state index in [4.69, 9.17) is 9.73 Å². The zero-order valence-corrected chi connectivity index (χ0v) is 21.8. The topological polar surface area (TPSA) is 98.6 Å². The van der Waals surface area contributed by atoms with E-state index in [2.05, 4.69) is 27.2 Å². The van der Waals surface area contributed by atoms with E-state index in [0.29, 0.717) is 29.6 Å². The van der Waals surface area contributed by atoms with Gasteiger partial charge in [-0.3, -0.25) is 14.6 Å². The van der Waals surface area contributed by atoms with Crippen LogP contribution in [0.2, 0.25) is 0 Å². The summed E-state index contributed by atoms with van der Waals surface area (Å²) in [5.74, 6) is 1.32. The van der Waals surface area contributed by atoms with E-state index in [1.54, 1.807) is 30.3 Å². The van der Waals surface area contributed by atoms with Crippen LogP contribution in [0.4, 0.5) is 5.69 Å². The third-order valence-electron chi connectivity index (χ3n) is 7.31. The summed E-state index contributed by atoms with van der Waals surface area (Å²) in [6, 6.07) is 5.73. The fourth-order valence-corrected chi connectivity index (χ4v) is 5.20. The van der Waals surface area contributed by atoms with Gasteiger partial charge in [-0.15, -0.1) is 0 Å². The van der Waals surface area contributed by atoms with E-state index in [1.165, 1.54) is 12.8 Å². The summed E-state index contributed by atoms with van der Waals surface area (Å²) >= 11 is 0. The van der Waals surface area contributed by atoms with Crippen LogP contribution in [0.15, 0.2) is 40.1 Å². The van der Waals surface area contributed by atoms with Gasteiger partial charge in [-0.2, -0.15) is 0 Å². The second-order valence-corrected chi connectivity index (χ2v) is 10.3. The van der Waals surface area contributed by atoms with Crippen molar-refractivity contribution in [2.45, 2.75) is 64.5 Å². The largest absolute Gasteiger partial charge is 0.495 e. The molecule has 9 heteroatoms. The molecule has 1 aromatic rings. The van der Waals surface area contributed by atoms with Gasteiger partial charge in [0.15, 0.2) is 5.84 Å². The van der Waals surface area contributed by atoms with Gasteiger partial charge < -0.3 is 25.2 Å². The lowest BCUT2D eigenvalue weighted by molar-refractivity contribution is -0.133. The van der Waals surface area contributed by atoms with E-state index in [1.807, 2.05) is 27.0 Å². The highest BCUT2D eigenvalue weighted by atomic mass is 16.5. The lowest BCUT2D eigenvalue weighted by atomic mass is 10.0. The smallest absolute Gasteiger partial charge is 0.251 e. The van der Waals surface area contributed by atoms with Gasteiger partial charge in [-0.05, 0) is 64.4 Å². The van der Waals surface area contributed by atoms with Crippen molar-refractivity contribution in [2.75, 3.05) is 32.7 Å². The van der Waals surface area contributed by atoms with Crippen molar-refractivity contribution >= 4 is 30.1 Å². The van der Waals surface area contributed by atoms with Crippen molar-refractivity contribution < 1.29 is 14.3 Å². The number of methoxy groups -OCH3 is 1. The molecule has 2 amide bonds. The maximum absolute atomic E-state index is 13.3. The van der Waals surface area contributed by atoms with Crippen LogP contribution >= 0.6 is 0 Å². The van der Waals surface area contributed by atoms with E-state index < -0.39 is 0 Å². The van der Waals surface area contributed by atoms with Crippen LogP contribution in [-0.2, 0) is 4.79 Å². The van der Waals surface area contributed by atoms with Crippen molar-refractivity contribution in [3.8, 4) is 5.75 Å². The number of carbonyl (C=O) groups is 2. The molecule has 4 rings (SSSR count). The SMILES string of the molecule is C=N/C=C1\C(=N/CNc2ccc(C(=O)NC(C)C)cc2OC)N(C2CCCC2)CC2(CC2)C(=O)N1C. The first-order chi connectivity index (χ1) is 17.3. The summed E-state index contributed by atoms with van der Waals surface area (Å²) in [7, 11) is 3.39. The van der Waals surface area contributed by atoms with E-state index in [9.17, 15) is 9.59 Å². The Morgan fingerprint density at radius 3 is 2.64 bits per heavy atom. The predicted molar refractivity (Wildman–Crippen MR) is 143 cm³/mol. The van der Waals surface area contributed by atoms with Crippen LogP contribution < -0.4 is 15.4 Å². The second kappa shape index (κ2) is 10.7. The number of rotatable bonds is 8. The number of hydrogen-bond acceptors (Lipinski definition) is 6. The number of anilines is 1. The van der Waals surface area contributed by atoms with Gasteiger partial charge in [0.1, 0.15) is 18.1 Å². The first kappa shape index (κ1) is 25.7. The molecule has 9 nitrogen and oxygen atoms in total. The number of amides is 2. The van der Waals surface area contributed by atoms with Gasteiger partial charge in [0.2, 0.25) is 5.91 Å². The number of hydrogen-bond donors (Lipinski definition) is 2. The van der Waals surface area contributed by atoms with Crippen molar-refractivity contribution in [1.29, 1.82) is 0 Å². The zero-order valence-electron chi connectivity index (χ0n) is 21.8. The number of likely N-dealkylation sites (N-methyl/N-ethyl adjacent to an activating group) is 1. The van der Waals surface area contributed by atoms with Gasteiger partial charge >= 0.3 is 0 Å². The predicted octanol–water partition coefficient (Wildman–Crippen LogP) is 3.64. The number of benzene rings is 1. The Balaban J connectivity index is 1.61. The van der Waals surface area contributed by atoms with Crippen LogP contribution in [-0.4, -0.2) is 73.6 Å². The monoisotopic (exact) mass is 494 g/mol. The molecule has 1 aromatic carbocycles. The third-order valence-corrected chi connectivity index (χ3v) is 7.31. The molecule has 0 bridgehead atoms. The molecule has 1 spiro atoms. The minimum Gasteiger partial charge on any atom is -0.495 e. The molecule has 2 aliphatic carbocycles. The Bertz CT molecular complexity index is 1070. The van der Waals surface area contributed by atoms with E-state index in [0.717, 1.165) is 37.2 Å². The average Bonchev–Trinajstić information content (AvgIpc) is 3.46. The molecule has 194 valence electrons. The Kier molecular flexibility index (Phi) is 7.66. The van der Waals surface area contributed by atoms with Crippen LogP contribution in [0.3, 0.4) is 0 Å². The van der Waals surface area contributed by atoms with Crippen molar-refractivity contribution in [3.05, 3.63) is 35.7 Å². The van der Waals surface area contributed by atoms with Gasteiger partial charge in [0, 0.05) is 31.2 Å². The quantitative estimate of drug-likeness (QED) is 0.538. The van der Waals surface area contributed by atoms with E-state index in [-0.39, 0.29) is 29.9 Å². The molecular formula is C27H38N6O3. The number of carbonyl (C=O) groups excluding carboxylic acids is 2. The molecular weight excluding hydrogens is 456 g/mol. The van der Waals surface area contributed by atoms with Crippen molar-refractivity contribution in [1.82, 2.24) is 15.1 Å². The molecule has 2 N–H and O–H groups in total. The Morgan fingerprint density at radius 1 is 1.31 bits per heavy atom. The number of nitrogens with one attached hydrogen (secondary N) is 2. The van der Waals surface area contributed by atoms with Gasteiger partial charge in [0.05, 0.1) is 24.4 Å². The van der Waals surface area contributed by atoms with Crippen molar-refractivity contribution in [2.24, 2.45) is 15.4 Å². The Morgan fingerprint density at radius 2 is 2.03 bits per heavy atom. The summed E-state index contributed by atoms with van der Waals surface area (Å²) in [5.41, 5.74) is 1.63. The van der Waals surface area contributed by atoms with Gasteiger partial charge in [0.25, 0.3) is 5.91 Å². The maximum Gasteiger partial charge on any atom is 0.251 e. The molecule has 1 saturated heterocycles. The number of amidine groups is 1. The molecule has 36 heavy (non-hydrogen) atoms. The zero-order chi connectivity index (χ0) is 25.9. The first-order valence-corrected chi connectivity index (χ1v) is 12.8. The van der Waals surface area contributed by atoms with Crippen LogP contribution in [0.1, 0.15) is 62.7 Å². The second-order valence-electron chi connectivity index (χ2n) is 10.3. The highest BCUT2D eigenvalue weighted by Crippen LogP contribution is 2.50. The average molecular weight is 495 g/mol. The third kappa shape index (κ3) is 5.24. The molecule has 1 aliphatic heterocycles. The fraction of sp³-hybridized carbons (Fsp3) is 0.556. The van der Waals surface area contributed by atoms with Crippen LogP contribution in [0.25, 0.3) is 0 Å². The first-order valence-electron chi connectivity index (χ1n) is 12.8. The molecule has 3 aliphatic rings. The minimum absolute atomic E-state index is 0.0478. The fourth-order valence-electron chi connectivity index (χ4n) is 5.20. The molecule has 0 unspecified atom stereocenters. The van der Waals surface area contributed by atoms with Crippen LogP contribution in [0, 0.1) is 5.41 Å².